The quantitative estimate of drug-likeness (QED) is 0.119. The summed E-state index contributed by atoms with van der Waals surface area (Å²) in [6.45, 7) is 7.14. The molecule has 0 unspecified atom stereocenters. The third-order valence-electron chi connectivity index (χ3n) is 6.17. The summed E-state index contributed by atoms with van der Waals surface area (Å²) >= 11 is 1.25. The standard InChI is InChI=1S/C29H33N5O6S/c1-4-5-6-7-14-38-22-9-11-23(12-10-22)39-15-16-40-25-13-8-21(34(36)37)17-20(25)18-24-26(30)33-29(31-27(24)35)41-28(32-33)19(2)3/h8-13,17-19,30H,4-7,14-16H2,1-3H3/b24-18+,30-26?. The first-order chi connectivity index (χ1) is 19.8. The van der Waals surface area contributed by atoms with Crippen molar-refractivity contribution in [2.75, 3.05) is 19.8 Å². The molecule has 0 fully saturated rings. The highest BCUT2D eigenvalue weighted by Crippen LogP contribution is 2.33. The first kappa shape index (κ1) is 29.8. The number of ether oxygens (including phenoxy) is 3. The van der Waals surface area contributed by atoms with E-state index in [9.17, 15) is 14.9 Å². The number of amides is 1. The largest absolute Gasteiger partial charge is 0.494 e. The van der Waals surface area contributed by atoms with Gasteiger partial charge in [-0.25, -0.2) is 0 Å². The van der Waals surface area contributed by atoms with Crippen molar-refractivity contribution in [2.24, 2.45) is 16.0 Å². The van der Waals surface area contributed by atoms with E-state index in [4.69, 9.17) is 19.6 Å². The van der Waals surface area contributed by atoms with Crippen LogP contribution in [0, 0.1) is 21.4 Å². The van der Waals surface area contributed by atoms with Crippen molar-refractivity contribution >= 4 is 45.5 Å². The minimum absolute atomic E-state index is 0.0441. The number of hydrogen-bond donors (Lipinski definition) is 1. The number of fused-ring (bicyclic) bond motifs is 1. The Balaban J connectivity index is 1.40. The summed E-state index contributed by atoms with van der Waals surface area (Å²) in [6, 6.07) is 11.4. The second-order valence-corrected chi connectivity index (χ2v) is 10.7. The maximum absolute atomic E-state index is 12.8. The number of nitro benzene ring substituents is 1. The Morgan fingerprint density at radius 2 is 1.71 bits per heavy atom. The normalized spacial score (nSPS) is 15.6. The molecule has 0 aliphatic carbocycles. The van der Waals surface area contributed by atoms with Crippen LogP contribution in [0.25, 0.3) is 6.08 Å². The number of benzene rings is 2. The third-order valence-corrected chi connectivity index (χ3v) is 7.38. The Morgan fingerprint density at radius 3 is 2.37 bits per heavy atom. The number of hydrazone groups is 1. The van der Waals surface area contributed by atoms with Gasteiger partial charge in [-0.1, -0.05) is 40.0 Å². The number of hydrogen-bond acceptors (Lipinski definition) is 9. The molecule has 2 aromatic rings. The summed E-state index contributed by atoms with van der Waals surface area (Å²) in [4.78, 5) is 27.8. The van der Waals surface area contributed by atoms with Crippen molar-refractivity contribution in [1.82, 2.24) is 5.01 Å². The minimum Gasteiger partial charge on any atom is -0.494 e. The second-order valence-electron chi connectivity index (χ2n) is 9.67. The molecule has 1 N–H and O–H groups in total. The van der Waals surface area contributed by atoms with Crippen LogP contribution >= 0.6 is 11.8 Å². The number of unbranched alkanes of at least 4 members (excludes halogenated alkanes) is 3. The number of aliphatic imine (C=N–C) groups is 1. The lowest BCUT2D eigenvalue weighted by Gasteiger charge is -2.20. The van der Waals surface area contributed by atoms with Crippen LogP contribution in [0.1, 0.15) is 52.0 Å². The predicted molar refractivity (Wildman–Crippen MR) is 160 cm³/mol. The van der Waals surface area contributed by atoms with Gasteiger partial charge >= 0.3 is 0 Å². The number of thioether (sulfide) groups is 1. The topological polar surface area (TPSA) is 140 Å². The monoisotopic (exact) mass is 579 g/mol. The summed E-state index contributed by atoms with van der Waals surface area (Å²) in [5, 5.41) is 26.8. The Kier molecular flexibility index (Phi) is 10.1. The fraction of sp³-hybridized carbons (Fsp3) is 0.379. The highest BCUT2D eigenvalue weighted by molar-refractivity contribution is 8.27. The zero-order valence-electron chi connectivity index (χ0n) is 23.3. The summed E-state index contributed by atoms with van der Waals surface area (Å²) in [5.41, 5.74) is 0.0487. The summed E-state index contributed by atoms with van der Waals surface area (Å²) in [5.74, 6) is 1.06. The Morgan fingerprint density at radius 1 is 1.02 bits per heavy atom. The van der Waals surface area contributed by atoms with Crippen LogP contribution in [-0.2, 0) is 4.79 Å². The van der Waals surface area contributed by atoms with Crippen LogP contribution in [0.4, 0.5) is 5.69 Å². The molecule has 0 saturated carbocycles. The Bertz CT molecular complexity index is 1390. The molecule has 41 heavy (non-hydrogen) atoms. The number of carbonyl (C=O) groups is 1. The summed E-state index contributed by atoms with van der Waals surface area (Å²) in [7, 11) is 0. The molecule has 0 radical (unpaired) electrons. The average molecular weight is 580 g/mol. The van der Waals surface area contributed by atoms with Gasteiger partial charge in [0.15, 0.2) is 5.84 Å². The predicted octanol–water partition coefficient (Wildman–Crippen LogP) is 6.29. The first-order valence-electron chi connectivity index (χ1n) is 13.5. The van der Waals surface area contributed by atoms with Gasteiger partial charge in [-0.05, 0) is 54.6 Å². The number of nitrogens with zero attached hydrogens (tertiary/aromatic N) is 4. The van der Waals surface area contributed by atoms with E-state index in [1.807, 2.05) is 38.1 Å². The van der Waals surface area contributed by atoms with Crippen LogP contribution in [0.15, 0.2) is 58.1 Å². The van der Waals surface area contributed by atoms with Gasteiger partial charge in [0, 0.05) is 23.6 Å². The smallest absolute Gasteiger partial charge is 0.283 e. The fourth-order valence-electron chi connectivity index (χ4n) is 3.95. The fourth-order valence-corrected chi connectivity index (χ4v) is 4.84. The highest BCUT2D eigenvalue weighted by Gasteiger charge is 2.36. The number of nitro groups is 1. The molecule has 2 aromatic carbocycles. The van der Waals surface area contributed by atoms with E-state index < -0.39 is 10.8 Å². The first-order valence-corrected chi connectivity index (χ1v) is 14.4. The third kappa shape index (κ3) is 7.72. The molecule has 11 nitrogen and oxygen atoms in total. The van der Waals surface area contributed by atoms with Gasteiger partial charge in [0.1, 0.15) is 35.5 Å². The Labute approximate surface area is 242 Å². The van der Waals surface area contributed by atoms with Gasteiger partial charge in [0.25, 0.3) is 11.6 Å². The number of non-ortho nitro benzene ring substituents is 1. The summed E-state index contributed by atoms with van der Waals surface area (Å²) < 4.78 is 17.4. The van der Waals surface area contributed by atoms with Crippen molar-refractivity contribution in [1.29, 1.82) is 5.41 Å². The average Bonchev–Trinajstić information content (AvgIpc) is 3.39. The van der Waals surface area contributed by atoms with E-state index in [2.05, 4.69) is 17.0 Å². The molecule has 216 valence electrons. The van der Waals surface area contributed by atoms with Gasteiger partial charge in [0.05, 0.1) is 17.1 Å². The van der Waals surface area contributed by atoms with E-state index >= 15 is 0 Å². The lowest BCUT2D eigenvalue weighted by Crippen LogP contribution is -2.35. The van der Waals surface area contributed by atoms with E-state index in [1.54, 1.807) is 0 Å². The Hall–Kier alpha value is -4.19. The molecule has 0 atom stereocenters. The number of nitrogens with one attached hydrogen (secondary N) is 1. The molecule has 0 spiro atoms. The molecular weight excluding hydrogens is 546 g/mol. The molecule has 4 rings (SSSR count). The summed E-state index contributed by atoms with van der Waals surface area (Å²) in [6.07, 6.45) is 5.96. The number of carbonyl (C=O) groups excluding carboxylic acids is 1. The van der Waals surface area contributed by atoms with Gasteiger partial charge in [0.2, 0.25) is 5.17 Å². The van der Waals surface area contributed by atoms with Crippen molar-refractivity contribution in [3.63, 3.8) is 0 Å². The molecular formula is C29H33N5O6S. The number of amidine groups is 2. The van der Waals surface area contributed by atoms with E-state index in [-0.39, 0.29) is 41.8 Å². The van der Waals surface area contributed by atoms with Crippen LogP contribution < -0.4 is 14.2 Å². The zero-order valence-corrected chi connectivity index (χ0v) is 24.1. The maximum atomic E-state index is 12.8. The van der Waals surface area contributed by atoms with Gasteiger partial charge in [-0.15, -0.1) is 0 Å². The van der Waals surface area contributed by atoms with E-state index in [0.29, 0.717) is 23.3 Å². The molecule has 2 heterocycles. The van der Waals surface area contributed by atoms with Crippen LogP contribution in [0.2, 0.25) is 0 Å². The van der Waals surface area contributed by atoms with Crippen molar-refractivity contribution in [3.8, 4) is 17.2 Å². The minimum atomic E-state index is -0.622. The molecule has 1 amide bonds. The van der Waals surface area contributed by atoms with Gasteiger partial charge in [-0.2, -0.15) is 15.1 Å². The highest BCUT2D eigenvalue weighted by atomic mass is 32.2. The van der Waals surface area contributed by atoms with Crippen molar-refractivity contribution in [3.05, 3.63) is 63.7 Å². The molecule has 12 heteroatoms. The van der Waals surface area contributed by atoms with Crippen LogP contribution in [0.3, 0.4) is 0 Å². The maximum Gasteiger partial charge on any atom is 0.283 e. The van der Waals surface area contributed by atoms with E-state index in [1.165, 1.54) is 53.9 Å². The van der Waals surface area contributed by atoms with E-state index in [0.717, 1.165) is 23.6 Å². The van der Waals surface area contributed by atoms with Crippen molar-refractivity contribution < 1.29 is 23.9 Å². The SMILES string of the molecule is CCCCCCOc1ccc(OCCOc2ccc([N+](=O)[O-])cc2/C=C2\C(=N)N3N=C(C(C)C)SC3=NC2=O)cc1. The number of rotatable bonds is 14. The van der Waals surface area contributed by atoms with Gasteiger partial charge in [-0.3, -0.25) is 20.3 Å². The molecule has 2 aliphatic heterocycles. The zero-order chi connectivity index (χ0) is 29.4. The lowest BCUT2D eigenvalue weighted by molar-refractivity contribution is -0.384. The lowest BCUT2D eigenvalue weighted by atomic mass is 10.1. The van der Waals surface area contributed by atoms with Crippen LogP contribution in [0.5, 0.6) is 17.2 Å². The second kappa shape index (κ2) is 13.9. The van der Waals surface area contributed by atoms with Gasteiger partial charge < -0.3 is 14.2 Å². The molecule has 0 bridgehead atoms. The van der Waals surface area contributed by atoms with Crippen molar-refractivity contribution in [2.45, 2.75) is 46.5 Å². The molecule has 0 aromatic heterocycles. The van der Waals surface area contributed by atoms with Crippen LogP contribution in [-0.4, -0.2) is 51.7 Å². The molecule has 0 saturated heterocycles. The molecule has 2 aliphatic rings.